The van der Waals surface area contributed by atoms with Gasteiger partial charge in [-0.1, -0.05) is 17.9 Å². The van der Waals surface area contributed by atoms with Crippen LogP contribution >= 0.6 is 0 Å². The maximum atomic E-state index is 13.5. The van der Waals surface area contributed by atoms with E-state index in [1.54, 1.807) is 24.3 Å². The van der Waals surface area contributed by atoms with Crippen molar-refractivity contribution in [2.45, 2.75) is 0 Å². The predicted octanol–water partition coefficient (Wildman–Crippen LogP) is 2.53. The average molecular weight is 286 g/mol. The highest BCUT2D eigenvalue weighted by Crippen LogP contribution is 2.17. The second kappa shape index (κ2) is 6.64. The second-order valence-corrected chi connectivity index (χ2v) is 4.14. The monoisotopic (exact) mass is 286 g/mol. The van der Waals surface area contributed by atoms with Crippen molar-refractivity contribution in [1.29, 1.82) is 0 Å². The van der Waals surface area contributed by atoms with Crippen LogP contribution in [0.15, 0.2) is 42.5 Å². The zero-order chi connectivity index (χ0) is 15.2. The van der Waals surface area contributed by atoms with E-state index in [2.05, 4.69) is 17.2 Å². The van der Waals surface area contributed by atoms with Crippen LogP contribution in [-0.4, -0.2) is 12.5 Å². The fraction of sp³-hybridized carbons (Fsp3) is 0.0625. The van der Waals surface area contributed by atoms with Crippen molar-refractivity contribution in [3.05, 3.63) is 65.2 Å². The van der Waals surface area contributed by atoms with Gasteiger partial charge in [-0.3, -0.25) is 4.79 Å². The molecule has 0 heterocycles. The van der Waals surface area contributed by atoms with Crippen molar-refractivity contribution in [3.63, 3.8) is 0 Å². The number of anilines is 1. The molecule has 0 saturated heterocycles. The summed E-state index contributed by atoms with van der Waals surface area (Å²) < 4.78 is 26.5. The van der Waals surface area contributed by atoms with E-state index in [-0.39, 0.29) is 12.2 Å². The minimum Gasteiger partial charge on any atom is -0.320 e. The number of carbonyl (C=O) groups excluding carboxylic acids is 1. The Bertz CT molecular complexity index is 715. The quantitative estimate of drug-likeness (QED) is 0.834. The Hall–Kier alpha value is -2.71. The van der Waals surface area contributed by atoms with Gasteiger partial charge in [0.2, 0.25) is 0 Å². The second-order valence-electron chi connectivity index (χ2n) is 4.14. The predicted molar refractivity (Wildman–Crippen MR) is 76.7 cm³/mol. The van der Waals surface area contributed by atoms with Crippen LogP contribution in [0.25, 0.3) is 0 Å². The molecule has 1 amide bonds. The van der Waals surface area contributed by atoms with Crippen LogP contribution in [0.1, 0.15) is 15.9 Å². The lowest BCUT2D eigenvalue weighted by Gasteiger charge is -2.06. The summed E-state index contributed by atoms with van der Waals surface area (Å²) >= 11 is 0. The summed E-state index contributed by atoms with van der Waals surface area (Å²) in [6.45, 7) is 0.251. The molecule has 0 saturated carbocycles. The number of nitrogens with two attached hydrogens (primary N) is 1. The van der Waals surface area contributed by atoms with Crippen LogP contribution in [0.4, 0.5) is 14.5 Å². The Morgan fingerprint density at radius 1 is 1.14 bits per heavy atom. The molecule has 0 radical (unpaired) electrons. The molecule has 0 aliphatic rings. The highest BCUT2D eigenvalue weighted by atomic mass is 19.2. The number of nitrogens with one attached hydrogen (secondary N) is 1. The lowest BCUT2D eigenvalue weighted by molar-refractivity contribution is 0.102. The first-order valence-electron chi connectivity index (χ1n) is 6.16. The third-order valence-electron chi connectivity index (χ3n) is 2.68. The minimum absolute atomic E-state index is 0.202. The van der Waals surface area contributed by atoms with Gasteiger partial charge in [0, 0.05) is 11.1 Å². The van der Waals surface area contributed by atoms with Crippen molar-refractivity contribution >= 4 is 11.6 Å². The molecule has 2 aromatic rings. The van der Waals surface area contributed by atoms with Crippen LogP contribution < -0.4 is 11.1 Å². The lowest BCUT2D eigenvalue weighted by Crippen LogP contribution is -2.13. The number of rotatable bonds is 2. The average Bonchev–Trinajstić information content (AvgIpc) is 2.50. The van der Waals surface area contributed by atoms with Gasteiger partial charge in [-0.05, 0) is 36.4 Å². The van der Waals surface area contributed by atoms with E-state index in [9.17, 15) is 13.6 Å². The molecule has 5 heteroatoms. The third kappa shape index (κ3) is 3.65. The summed E-state index contributed by atoms with van der Waals surface area (Å²) in [6, 6.07) is 9.99. The fourth-order valence-corrected chi connectivity index (χ4v) is 1.65. The van der Waals surface area contributed by atoms with Crippen molar-refractivity contribution in [2.24, 2.45) is 5.73 Å². The summed E-state index contributed by atoms with van der Waals surface area (Å²) in [5, 5.41) is 2.32. The first-order valence-corrected chi connectivity index (χ1v) is 6.16. The normalized spacial score (nSPS) is 9.67. The van der Waals surface area contributed by atoms with Crippen LogP contribution in [0, 0.1) is 23.5 Å². The topological polar surface area (TPSA) is 55.1 Å². The molecule has 0 aromatic heterocycles. The van der Waals surface area contributed by atoms with Crippen LogP contribution in [0.5, 0.6) is 0 Å². The molecule has 0 fully saturated rings. The summed E-state index contributed by atoms with van der Waals surface area (Å²) in [7, 11) is 0. The number of benzene rings is 2. The van der Waals surface area contributed by atoms with E-state index < -0.39 is 17.5 Å². The van der Waals surface area contributed by atoms with Gasteiger partial charge in [0.05, 0.1) is 12.2 Å². The molecule has 2 rings (SSSR count). The van der Waals surface area contributed by atoms with Crippen LogP contribution in [-0.2, 0) is 0 Å². The molecule has 0 unspecified atom stereocenters. The van der Waals surface area contributed by atoms with Gasteiger partial charge in [0.25, 0.3) is 5.91 Å². The fourth-order valence-electron chi connectivity index (χ4n) is 1.65. The molecular weight excluding hydrogens is 274 g/mol. The highest BCUT2D eigenvalue weighted by molar-refractivity contribution is 6.04. The zero-order valence-corrected chi connectivity index (χ0v) is 11.0. The van der Waals surface area contributed by atoms with E-state index in [1.165, 1.54) is 12.1 Å². The van der Waals surface area contributed by atoms with Crippen LogP contribution in [0.2, 0.25) is 0 Å². The Morgan fingerprint density at radius 3 is 2.52 bits per heavy atom. The first kappa shape index (κ1) is 14.7. The standard InChI is InChI=1S/C16H12F2N2O/c17-13-4-1-5-14(15(13)18)20-16(21)12-8-6-11(7-9-12)3-2-10-19/h1,4-9H,10,19H2,(H,20,21). The summed E-state index contributed by atoms with van der Waals surface area (Å²) in [5.41, 5.74) is 6.09. The minimum atomic E-state index is -1.09. The molecule has 0 aliphatic heterocycles. The van der Waals surface area contributed by atoms with E-state index in [0.29, 0.717) is 11.1 Å². The molecule has 0 bridgehead atoms. The van der Waals surface area contributed by atoms with Gasteiger partial charge in [-0.2, -0.15) is 0 Å². The van der Waals surface area contributed by atoms with Gasteiger partial charge >= 0.3 is 0 Å². The molecule has 21 heavy (non-hydrogen) atoms. The largest absolute Gasteiger partial charge is 0.320 e. The number of carbonyl (C=O) groups is 1. The number of halogens is 2. The maximum absolute atomic E-state index is 13.5. The van der Waals surface area contributed by atoms with E-state index in [1.807, 2.05) is 0 Å². The van der Waals surface area contributed by atoms with E-state index in [4.69, 9.17) is 5.73 Å². The Balaban J connectivity index is 2.15. The number of hydrogen-bond acceptors (Lipinski definition) is 2. The molecule has 0 aliphatic carbocycles. The SMILES string of the molecule is NCC#Cc1ccc(C(=O)Nc2cccc(F)c2F)cc1. The molecule has 3 N–H and O–H groups in total. The van der Waals surface area contributed by atoms with Gasteiger partial charge in [0.1, 0.15) is 0 Å². The molecule has 3 nitrogen and oxygen atoms in total. The lowest BCUT2D eigenvalue weighted by atomic mass is 10.1. The molecule has 106 valence electrons. The van der Waals surface area contributed by atoms with Gasteiger partial charge in [0.15, 0.2) is 11.6 Å². The van der Waals surface area contributed by atoms with E-state index >= 15 is 0 Å². The summed E-state index contributed by atoms with van der Waals surface area (Å²) in [5.74, 6) is 2.88. The van der Waals surface area contributed by atoms with Crippen molar-refractivity contribution in [2.75, 3.05) is 11.9 Å². The zero-order valence-electron chi connectivity index (χ0n) is 11.0. The molecule has 2 aromatic carbocycles. The number of amides is 1. The van der Waals surface area contributed by atoms with Crippen molar-refractivity contribution in [3.8, 4) is 11.8 Å². The van der Waals surface area contributed by atoms with Gasteiger partial charge in [-0.25, -0.2) is 8.78 Å². The maximum Gasteiger partial charge on any atom is 0.255 e. The molecule has 0 atom stereocenters. The first-order chi connectivity index (χ1) is 10.1. The highest BCUT2D eigenvalue weighted by Gasteiger charge is 2.11. The van der Waals surface area contributed by atoms with Crippen molar-refractivity contribution < 1.29 is 13.6 Å². The molecule has 0 spiro atoms. The number of hydrogen-bond donors (Lipinski definition) is 2. The summed E-state index contributed by atoms with van der Waals surface area (Å²) in [6.07, 6.45) is 0. The van der Waals surface area contributed by atoms with Gasteiger partial charge in [-0.15, -0.1) is 0 Å². The summed E-state index contributed by atoms with van der Waals surface area (Å²) in [4.78, 5) is 11.9. The van der Waals surface area contributed by atoms with Crippen molar-refractivity contribution in [1.82, 2.24) is 0 Å². The van der Waals surface area contributed by atoms with Gasteiger partial charge < -0.3 is 11.1 Å². The molecular formula is C16H12F2N2O. The Morgan fingerprint density at radius 2 is 1.86 bits per heavy atom. The smallest absolute Gasteiger partial charge is 0.255 e. The Kier molecular flexibility index (Phi) is 4.64. The Labute approximate surface area is 120 Å². The van der Waals surface area contributed by atoms with E-state index in [0.717, 1.165) is 6.07 Å². The third-order valence-corrected chi connectivity index (χ3v) is 2.68. The van der Waals surface area contributed by atoms with Crippen LogP contribution in [0.3, 0.4) is 0 Å².